The summed E-state index contributed by atoms with van der Waals surface area (Å²) < 4.78 is 19.1. The minimum absolute atomic E-state index is 0.00407. The fraction of sp³-hybridized carbons (Fsp3) is 0.0769. The molecule has 0 bridgehead atoms. The van der Waals surface area contributed by atoms with Crippen LogP contribution >= 0.6 is 11.8 Å². The summed E-state index contributed by atoms with van der Waals surface area (Å²) in [7, 11) is 1.51. The summed E-state index contributed by atoms with van der Waals surface area (Å²) in [5, 5.41) is 8.86. The van der Waals surface area contributed by atoms with Crippen LogP contribution in [0.2, 0.25) is 0 Å². The van der Waals surface area contributed by atoms with Crippen molar-refractivity contribution in [3.8, 4) is 5.75 Å². The van der Waals surface area contributed by atoms with Crippen molar-refractivity contribution in [2.45, 2.75) is 9.92 Å². The molecule has 19 heavy (non-hydrogen) atoms. The van der Waals surface area contributed by atoms with Gasteiger partial charge in [-0.05, 0) is 18.2 Å². The van der Waals surface area contributed by atoms with Crippen LogP contribution < -0.4 is 4.74 Å². The molecular weight excluding hydrogens is 269 g/mol. The molecule has 98 valence electrons. The molecule has 0 amide bonds. The van der Waals surface area contributed by atoms with Crippen LogP contribution in [0.3, 0.4) is 0 Å². The Balaban J connectivity index is 2.39. The van der Waals surface area contributed by atoms with E-state index in [4.69, 9.17) is 9.84 Å². The Morgan fingerprint density at radius 3 is 2.79 bits per heavy atom. The number of pyridine rings is 1. The van der Waals surface area contributed by atoms with Gasteiger partial charge in [-0.25, -0.2) is 14.2 Å². The Kier molecular flexibility index (Phi) is 4.01. The number of carboxylic acids is 1. The number of hydrogen-bond donors (Lipinski definition) is 1. The molecule has 2 rings (SSSR count). The minimum Gasteiger partial charge on any atom is -0.496 e. The first-order valence-corrected chi connectivity index (χ1v) is 6.13. The van der Waals surface area contributed by atoms with Gasteiger partial charge in [-0.3, -0.25) is 0 Å². The molecular formula is C13H10FNO3S. The largest absolute Gasteiger partial charge is 0.496 e. The number of carbonyl (C=O) groups is 1. The van der Waals surface area contributed by atoms with Gasteiger partial charge >= 0.3 is 5.97 Å². The van der Waals surface area contributed by atoms with E-state index in [1.165, 1.54) is 13.3 Å². The van der Waals surface area contributed by atoms with E-state index in [1.54, 1.807) is 24.3 Å². The highest BCUT2D eigenvalue weighted by molar-refractivity contribution is 7.99. The zero-order valence-corrected chi connectivity index (χ0v) is 10.8. The maximum atomic E-state index is 13.9. The Morgan fingerprint density at radius 2 is 2.11 bits per heavy atom. The molecule has 4 nitrogen and oxygen atoms in total. The maximum Gasteiger partial charge on any atom is 0.338 e. The van der Waals surface area contributed by atoms with Gasteiger partial charge in [0, 0.05) is 6.20 Å². The number of aromatic nitrogens is 1. The molecule has 0 atom stereocenters. The molecule has 0 saturated carbocycles. The highest BCUT2D eigenvalue weighted by atomic mass is 32.2. The van der Waals surface area contributed by atoms with Gasteiger partial charge < -0.3 is 9.84 Å². The normalized spacial score (nSPS) is 10.2. The number of rotatable bonds is 4. The molecule has 0 aliphatic heterocycles. The number of hydrogen-bond acceptors (Lipinski definition) is 4. The molecule has 1 aromatic carbocycles. The molecule has 0 aliphatic carbocycles. The predicted octanol–water partition coefficient (Wildman–Crippen LogP) is 3.08. The third kappa shape index (κ3) is 2.85. The fourth-order valence-electron chi connectivity index (χ4n) is 1.47. The molecule has 6 heteroatoms. The predicted molar refractivity (Wildman–Crippen MR) is 68.3 cm³/mol. The van der Waals surface area contributed by atoms with Gasteiger partial charge in [-0.2, -0.15) is 0 Å². The van der Waals surface area contributed by atoms with Crippen molar-refractivity contribution in [1.29, 1.82) is 0 Å². The molecule has 0 radical (unpaired) electrons. The van der Waals surface area contributed by atoms with Crippen molar-refractivity contribution in [3.63, 3.8) is 0 Å². The first kappa shape index (κ1) is 13.4. The summed E-state index contributed by atoms with van der Waals surface area (Å²) in [6, 6.07) is 8.19. The lowest BCUT2D eigenvalue weighted by Gasteiger charge is -2.08. The first-order valence-electron chi connectivity index (χ1n) is 5.32. The number of aromatic carboxylic acids is 1. The lowest BCUT2D eigenvalue weighted by Crippen LogP contribution is -2.02. The van der Waals surface area contributed by atoms with Gasteiger partial charge in [0.1, 0.15) is 10.8 Å². The van der Waals surface area contributed by atoms with Crippen LogP contribution in [0.1, 0.15) is 10.4 Å². The average Bonchev–Trinajstić information content (AvgIpc) is 2.41. The smallest absolute Gasteiger partial charge is 0.338 e. The lowest BCUT2D eigenvalue weighted by molar-refractivity contribution is 0.0691. The average molecular weight is 279 g/mol. The molecule has 0 unspecified atom stereocenters. The SMILES string of the molecule is COc1ccccc1Sc1nccc(C(=O)O)c1F. The quantitative estimate of drug-likeness (QED) is 0.932. The van der Waals surface area contributed by atoms with Crippen LogP contribution in [0.25, 0.3) is 0 Å². The van der Waals surface area contributed by atoms with Gasteiger partial charge in [0.15, 0.2) is 5.82 Å². The van der Waals surface area contributed by atoms with E-state index in [2.05, 4.69) is 4.98 Å². The number of halogens is 1. The summed E-state index contributed by atoms with van der Waals surface area (Å²) >= 11 is 1.02. The Morgan fingerprint density at radius 1 is 1.37 bits per heavy atom. The summed E-state index contributed by atoms with van der Waals surface area (Å²) in [5.41, 5.74) is -0.396. The van der Waals surface area contributed by atoms with E-state index in [-0.39, 0.29) is 5.03 Å². The summed E-state index contributed by atoms with van der Waals surface area (Å²) in [4.78, 5) is 15.4. The minimum atomic E-state index is -1.32. The van der Waals surface area contributed by atoms with E-state index in [9.17, 15) is 9.18 Å². The second kappa shape index (κ2) is 5.71. The van der Waals surface area contributed by atoms with Crippen LogP contribution in [0, 0.1) is 5.82 Å². The molecule has 0 saturated heterocycles. The van der Waals surface area contributed by atoms with E-state index in [0.717, 1.165) is 17.8 Å². The highest BCUT2D eigenvalue weighted by Gasteiger charge is 2.17. The van der Waals surface area contributed by atoms with Crippen molar-refractivity contribution >= 4 is 17.7 Å². The number of methoxy groups -OCH3 is 1. The van der Waals surface area contributed by atoms with Crippen molar-refractivity contribution < 1.29 is 19.0 Å². The Hall–Kier alpha value is -2.08. The summed E-state index contributed by atoms with van der Waals surface area (Å²) in [6.07, 6.45) is 1.27. The van der Waals surface area contributed by atoms with Crippen LogP contribution in [0.4, 0.5) is 4.39 Å². The molecule has 1 N–H and O–H groups in total. The van der Waals surface area contributed by atoms with Gasteiger partial charge in [0.05, 0.1) is 17.6 Å². The second-order valence-electron chi connectivity index (χ2n) is 3.54. The number of carboxylic acid groups (broad SMARTS) is 1. The number of ether oxygens (including phenoxy) is 1. The zero-order chi connectivity index (χ0) is 13.8. The lowest BCUT2D eigenvalue weighted by atomic mass is 10.3. The fourth-order valence-corrected chi connectivity index (χ4v) is 2.39. The molecule has 0 spiro atoms. The van der Waals surface area contributed by atoms with E-state index in [1.807, 2.05) is 0 Å². The van der Waals surface area contributed by atoms with E-state index < -0.39 is 17.3 Å². The van der Waals surface area contributed by atoms with Crippen molar-refractivity contribution in [3.05, 3.63) is 47.9 Å². The topological polar surface area (TPSA) is 59.4 Å². The number of nitrogens with zero attached hydrogens (tertiary/aromatic N) is 1. The monoisotopic (exact) mass is 279 g/mol. The molecule has 0 fully saturated rings. The number of para-hydroxylation sites is 1. The van der Waals surface area contributed by atoms with Crippen LogP contribution in [-0.4, -0.2) is 23.2 Å². The third-order valence-corrected chi connectivity index (χ3v) is 3.40. The Labute approximate surface area is 113 Å². The summed E-state index contributed by atoms with van der Waals surface area (Å²) in [6.45, 7) is 0. The maximum absolute atomic E-state index is 13.9. The standard InChI is InChI=1S/C13H10FNO3S/c1-18-9-4-2-3-5-10(9)19-12-11(14)8(13(16)17)6-7-15-12/h2-7H,1H3,(H,16,17). The third-order valence-electron chi connectivity index (χ3n) is 2.36. The van der Waals surface area contributed by atoms with Gasteiger partial charge in [-0.15, -0.1) is 0 Å². The van der Waals surface area contributed by atoms with Gasteiger partial charge in [0.25, 0.3) is 0 Å². The van der Waals surface area contributed by atoms with Gasteiger partial charge in [0.2, 0.25) is 0 Å². The van der Waals surface area contributed by atoms with E-state index in [0.29, 0.717) is 10.6 Å². The summed E-state index contributed by atoms with van der Waals surface area (Å²) in [5.74, 6) is -1.58. The van der Waals surface area contributed by atoms with Gasteiger partial charge in [-0.1, -0.05) is 23.9 Å². The second-order valence-corrected chi connectivity index (χ2v) is 4.57. The van der Waals surface area contributed by atoms with Crippen LogP contribution in [-0.2, 0) is 0 Å². The van der Waals surface area contributed by atoms with Crippen molar-refractivity contribution in [2.75, 3.05) is 7.11 Å². The van der Waals surface area contributed by atoms with Crippen LogP contribution in [0.5, 0.6) is 5.75 Å². The zero-order valence-electron chi connectivity index (χ0n) is 9.96. The molecule has 0 aliphatic rings. The first-order chi connectivity index (χ1) is 9.13. The number of benzene rings is 1. The van der Waals surface area contributed by atoms with E-state index >= 15 is 0 Å². The van der Waals surface area contributed by atoms with Crippen molar-refractivity contribution in [1.82, 2.24) is 4.98 Å². The van der Waals surface area contributed by atoms with Crippen molar-refractivity contribution in [2.24, 2.45) is 0 Å². The highest BCUT2D eigenvalue weighted by Crippen LogP contribution is 2.35. The van der Waals surface area contributed by atoms with Crippen LogP contribution in [0.15, 0.2) is 46.5 Å². The Bertz CT molecular complexity index is 619. The molecule has 1 aromatic heterocycles. The molecule has 2 aromatic rings. The molecule has 1 heterocycles.